The average molecular weight is 392 g/mol. The lowest BCUT2D eigenvalue weighted by atomic mass is 9.73. The number of hydrogen-bond donors (Lipinski definition) is 1. The Morgan fingerprint density at radius 1 is 1.35 bits per heavy atom. The van der Waals surface area contributed by atoms with Gasteiger partial charge in [0.25, 0.3) is 0 Å². The first-order valence-electron chi connectivity index (χ1n) is 7.13. The van der Waals surface area contributed by atoms with Crippen molar-refractivity contribution in [3.05, 3.63) is 46.5 Å². The quantitative estimate of drug-likeness (QED) is 0.847. The topological polar surface area (TPSA) is 38.3 Å². The van der Waals surface area contributed by atoms with Crippen molar-refractivity contribution in [3.63, 3.8) is 0 Å². The molecule has 1 amide bonds. The van der Waals surface area contributed by atoms with Crippen LogP contribution in [0.25, 0.3) is 0 Å². The highest BCUT2D eigenvalue weighted by molar-refractivity contribution is 9.11. The van der Waals surface area contributed by atoms with Crippen molar-refractivity contribution < 1.29 is 22.7 Å². The van der Waals surface area contributed by atoms with Crippen LogP contribution in [0.15, 0.2) is 35.3 Å². The number of carbonyl (C=O) groups excluding carboxylic acids is 1. The van der Waals surface area contributed by atoms with Gasteiger partial charge in [-0.2, -0.15) is 13.2 Å². The first-order chi connectivity index (χ1) is 10.8. The molecule has 0 spiro atoms. The monoisotopic (exact) mass is 391 g/mol. The molecule has 1 saturated heterocycles. The Hall–Kier alpha value is -1.34. The fraction of sp³-hybridized carbons (Fsp3) is 0.438. The number of halogens is 4. The summed E-state index contributed by atoms with van der Waals surface area (Å²) in [5.74, 6) is -0.305. The molecule has 0 aromatic heterocycles. The molecule has 126 valence electrons. The summed E-state index contributed by atoms with van der Waals surface area (Å²) in [6.45, 7) is 4.53. The summed E-state index contributed by atoms with van der Waals surface area (Å²) >= 11 is 3.16. The Labute approximate surface area is 141 Å². The molecule has 0 atom stereocenters. The van der Waals surface area contributed by atoms with E-state index in [1.807, 2.05) is 0 Å². The van der Waals surface area contributed by atoms with Crippen molar-refractivity contribution in [3.8, 4) is 0 Å². The van der Waals surface area contributed by atoms with Crippen LogP contribution in [-0.2, 0) is 21.1 Å². The summed E-state index contributed by atoms with van der Waals surface area (Å²) in [6.07, 6.45) is -3.76. The van der Waals surface area contributed by atoms with Gasteiger partial charge in [-0.1, -0.05) is 40.7 Å². The van der Waals surface area contributed by atoms with Crippen LogP contribution in [0.5, 0.6) is 0 Å². The van der Waals surface area contributed by atoms with Crippen LogP contribution < -0.4 is 5.32 Å². The highest BCUT2D eigenvalue weighted by Gasteiger charge is 2.42. The second-order valence-corrected chi connectivity index (χ2v) is 6.59. The Morgan fingerprint density at radius 3 is 2.57 bits per heavy atom. The lowest BCUT2D eigenvalue weighted by Gasteiger charge is -2.36. The standard InChI is InChI=1S/C16H17BrF3NO2/c1-11(17)10-21-14(22)15(5-7-23-8-6-15)12-3-2-4-13(9-12)16(18,19)20/h2-4,9H,1,5-8,10H2,(H,21,22). The smallest absolute Gasteiger partial charge is 0.381 e. The number of rotatable bonds is 4. The highest BCUT2D eigenvalue weighted by Crippen LogP contribution is 2.38. The summed E-state index contributed by atoms with van der Waals surface area (Å²) in [7, 11) is 0. The molecule has 1 N–H and O–H groups in total. The van der Waals surface area contributed by atoms with Crippen LogP contribution in [0.2, 0.25) is 0 Å². The van der Waals surface area contributed by atoms with Gasteiger partial charge in [0.1, 0.15) is 0 Å². The average Bonchev–Trinajstić information content (AvgIpc) is 2.52. The first-order valence-corrected chi connectivity index (χ1v) is 7.92. The van der Waals surface area contributed by atoms with Crippen LogP contribution in [0.3, 0.4) is 0 Å². The van der Waals surface area contributed by atoms with E-state index in [9.17, 15) is 18.0 Å². The van der Waals surface area contributed by atoms with Crippen molar-refractivity contribution in [2.75, 3.05) is 19.8 Å². The predicted octanol–water partition coefficient (Wildman–Crippen LogP) is 3.78. The van der Waals surface area contributed by atoms with E-state index in [1.54, 1.807) is 6.07 Å². The van der Waals surface area contributed by atoms with Gasteiger partial charge in [-0.15, -0.1) is 0 Å². The molecule has 0 saturated carbocycles. The molecule has 1 fully saturated rings. The van der Waals surface area contributed by atoms with Gasteiger partial charge >= 0.3 is 6.18 Å². The molecule has 1 aliphatic heterocycles. The third kappa shape index (κ3) is 4.14. The van der Waals surface area contributed by atoms with Gasteiger partial charge in [0.15, 0.2) is 0 Å². The second-order valence-electron chi connectivity index (χ2n) is 5.47. The molecule has 1 heterocycles. The number of alkyl halides is 3. The largest absolute Gasteiger partial charge is 0.416 e. The Bertz CT molecular complexity index is 595. The summed E-state index contributed by atoms with van der Waals surface area (Å²) in [6, 6.07) is 4.98. The molecule has 2 rings (SSSR count). The van der Waals surface area contributed by atoms with Crippen molar-refractivity contribution in [2.45, 2.75) is 24.4 Å². The maximum atomic E-state index is 13.0. The van der Waals surface area contributed by atoms with Gasteiger partial charge < -0.3 is 10.1 Å². The minimum Gasteiger partial charge on any atom is -0.381 e. The van der Waals surface area contributed by atoms with Gasteiger partial charge in [0.2, 0.25) is 5.91 Å². The van der Waals surface area contributed by atoms with Crippen LogP contribution in [-0.4, -0.2) is 25.7 Å². The van der Waals surface area contributed by atoms with E-state index in [2.05, 4.69) is 27.8 Å². The van der Waals surface area contributed by atoms with Gasteiger partial charge in [-0.25, -0.2) is 0 Å². The molecule has 0 bridgehead atoms. The van der Waals surface area contributed by atoms with Gasteiger partial charge in [-0.05, 0) is 24.5 Å². The fourth-order valence-electron chi connectivity index (χ4n) is 2.71. The first kappa shape index (κ1) is 18.0. The number of carbonyl (C=O) groups is 1. The van der Waals surface area contributed by atoms with E-state index in [-0.39, 0.29) is 12.5 Å². The molecule has 0 aliphatic carbocycles. The Morgan fingerprint density at radius 2 is 2.00 bits per heavy atom. The Kier molecular flexibility index (Phi) is 5.52. The zero-order valence-electron chi connectivity index (χ0n) is 12.4. The summed E-state index contributed by atoms with van der Waals surface area (Å²) in [4.78, 5) is 12.7. The fourth-order valence-corrected chi connectivity index (χ4v) is 2.85. The maximum Gasteiger partial charge on any atom is 0.416 e. The lowest BCUT2D eigenvalue weighted by molar-refractivity contribution is -0.138. The molecule has 0 radical (unpaired) electrons. The number of hydrogen-bond acceptors (Lipinski definition) is 2. The SMILES string of the molecule is C=C(Br)CNC(=O)C1(c2cccc(C(F)(F)F)c2)CCOCC1. The zero-order chi connectivity index (χ0) is 17.1. The van der Waals surface area contributed by atoms with E-state index in [0.29, 0.717) is 36.1 Å². The third-order valence-electron chi connectivity index (χ3n) is 3.96. The number of ether oxygens (including phenoxy) is 1. The van der Waals surface area contributed by atoms with Crippen molar-refractivity contribution in [1.29, 1.82) is 0 Å². The predicted molar refractivity (Wildman–Crippen MR) is 84.3 cm³/mol. The number of amides is 1. The summed E-state index contributed by atoms with van der Waals surface area (Å²) in [5, 5.41) is 2.73. The molecule has 23 heavy (non-hydrogen) atoms. The number of benzene rings is 1. The molecule has 7 heteroatoms. The van der Waals surface area contributed by atoms with Crippen LogP contribution >= 0.6 is 15.9 Å². The molecule has 3 nitrogen and oxygen atoms in total. The van der Waals surface area contributed by atoms with Gasteiger partial charge in [0.05, 0.1) is 11.0 Å². The van der Waals surface area contributed by atoms with Crippen LogP contribution in [0, 0.1) is 0 Å². The summed E-state index contributed by atoms with van der Waals surface area (Å²) < 4.78 is 44.8. The molecule has 1 aliphatic rings. The molecule has 1 aromatic carbocycles. The van der Waals surface area contributed by atoms with Crippen LogP contribution in [0.4, 0.5) is 13.2 Å². The van der Waals surface area contributed by atoms with E-state index in [1.165, 1.54) is 6.07 Å². The Balaban J connectivity index is 2.38. The number of nitrogens with one attached hydrogen (secondary N) is 1. The second kappa shape index (κ2) is 7.05. The molecular weight excluding hydrogens is 375 g/mol. The minimum absolute atomic E-state index is 0.223. The van der Waals surface area contributed by atoms with Gasteiger partial charge in [0, 0.05) is 24.2 Å². The van der Waals surface area contributed by atoms with Crippen LogP contribution in [0.1, 0.15) is 24.0 Å². The van der Waals surface area contributed by atoms with E-state index >= 15 is 0 Å². The van der Waals surface area contributed by atoms with Gasteiger partial charge in [-0.3, -0.25) is 4.79 Å². The lowest BCUT2D eigenvalue weighted by Crippen LogP contribution is -2.48. The highest BCUT2D eigenvalue weighted by atomic mass is 79.9. The zero-order valence-corrected chi connectivity index (χ0v) is 14.0. The van der Waals surface area contributed by atoms with E-state index < -0.39 is 17.2 Å². The van der Waals surface area contributed by atoms with Crippen molar-refractivity contribution in [2.24, 2.45) is 0 Å². The molecule has 1 aromatic rings. The van der Waals surface area contributed by atoms with E-state index in [0.717, 1.165) is 12.1 Å². The normalized spacial score (nSPS) is 17.6. The minimum atomic E-state index is -4.44. The van der Waals surface area contributed by atoms with Crippen molar-refractivity contribution >= 4 is 21.8 Å². The van der Waals surface area contributed by atoms with Crippen molar-refractivity contribution in [1.82, 2.24) is 5.32 Å². The molecule has 0 unspecified atom stereocenters. The third-order valence-corrected chi connectivity index (χ3v) is 4.24. The van der Waals surface area contributed by atoms with E-state index in [4.69, 9.17) is 4.74 Å². The maximum absolute atomic E-state index is 13.0. The molecular formula is C16H17BrF3NO2. The summed E-state index contributed by atoms with van der Waals surface area (Å²) in [5.41, 5.74) is -1.39.